The third-order valence-corrected chi connectivity index (χ3v) is 14.2. The topological polar surface area (TPSA) is 105 Å². The zero-order chi connectivity index (χ0) is 50.4. The Balaban J connectivity index is 1.65. The lowest BCUT2D eigenvalue weighted by Crippen LogP contribution is -2.60. The van der Waals surface area contributed by atoms with Gasteiger partial charge in [0.25, 0.3) is 0 Å². The number of unbranched alkanes of at least 4 members (excludes halogenated alkanes) is 11. The maximum Gasteiger partial charge on any atom is 0.305 e. The molecule has 1 fully saturated rings. The number of aliphatic hydroxyl groups excluding tert-OH is 3. The summed E-state index contributed by atoms with van der Waals surface area (Å²) in [6.45, 7) is 24.2. The summed E-state index contributed by atoms with van der Waals surface area (Å²) in [4.78, 5) is 12.5. The van der Waals surface area contributed by atoms with Gasteiger partial charge in [-0.05, 0) is 110 Å². The van der Waals surface area contributed by atoms with Gasteiger partial charge in [-0.2, -0.15) is 0 Å². The number of carbonyl (C=O) groups is 1. The Labute approximate surface area is 417 Å². The van der Waals surface area contributed by atoms with E-state index in [1.165, 1.54) is 119 Å². The molecule has 1 saturated heterocycles. The monoisotopic (exact) mass is 947 g/mol. The standard InChI is InChI=1S/C61H102O7/c1-12-13-14-15-16-17-18-19-20-21-22-23-41-55(62)66-46-54-56(63)57(64)58(65)59(67-54)68-61(10,11)45-29-39-50(5)37-27-36-49(4)35-26-33-47(2)31-24-25-32-48(3)34-28-38-51(6)42-43-53-52(7)40-30-44-60(53,8)9/h24-27,30-31,33,35-37,40,48,51,54,56-59,63-65H,12-23,28-29,32,34,38-39,41-46H2,1-11H3/b25-24+,33-26+,36-27+,47-31+,49-35+,50-37+/t48?,51?,54-,56-,57+,58-,59-/m1/s1. The first-order valence-electron chi connectivity index (χ1n) is 27.3. The van der Waals surface area contributed by atoms with Crippen molar-refractivity contribution in [3.05, 3.63) is 94.7 Å². The van der Waals surface area contributed by atoms with E-state index >= 15 is 0 Å². The summed E-state index contributed by atoms with van der Waals surface area (Å²) in [5.41, 5.74) is 6.42. The number of allylic oxidation sites excluding steroid dienone is 16. The van der Waals surface area contributed by atoms with Crippen molar-refractivity contribution in [1.29, 1.82) is 0 Å². The van der Waals surface area contributed by atoms with E-state index in [1.54, 1.807) is 5.57 Å². The molecule has 2 unspecified atom stereocenters. The summed E-state index contributed by atoms with van der Waals surface area (Å²) < 4.78 is 17.5. The number of ether oxygens (including phenoxy) is 3. The summed E-state index contributed by atoms with van der Waals surface area (Å²) in [5, 5.41) is 32.0. The van der Waals surface area contributed by atoms with Crippen LogP contribution in [0.4, 0.5) is 0 Å². The maximum absolute atomic E-state index is 12.5. The minimum atomic E-state index is -1.49. The van der Waals surface area contributed by atoms with E-state index in [-0.39, 0.29) is 12.6 Å². The van der Waals surface area contributed by atoms with Gasteiger partial charge in [0, 0.05) is 6.42 Å². The highest BCUT2D eigenvalue weighted by Crippen LogP contribution is 2.40. The fourth-order valence-electron chi connectivity index (χ4n) is 9.41. The van der Waals surface area contributed by atoms with Crippen molar-refractivity contribution in [2.45, 2.75) is 260 Å². The van der Waals surface area contributed by atoms with E-state index in [2.05, 4.69) is 129 Å². The van der Waals surface area contributed by atoms with Crippen molar-refractivity contribution in [2.75, 3.05) is 6.61 Å². The molecule has 7 heteroatoms. The van der Waals surface area contributed by atoms with Gasteiger partial charge in [-0.25, -0.2) is 0 Å². The molecular weight excluding hydrogens is 845 g/mol. The van der Waals surface area contributed by atoms with Crippen molar-refractivity contribution in [2.24, 2.45) is 17.3 Å². The fourth-order valence-corrected chi connectivity index (χ4v) is 9.41. The molecule has 0 spiro atoms. The van der Waals surface area contributed by atoms with Crippen LogP contribution in [0.15, 0.2) is 94.7 Å². The third kappa shape index (κ3) is 27.0. The number of carbonyl (C=O) groups excluding carboxylic acids is 1. The van der Waals surface area contributed by atoms with E-state index in [4.69, 9.17) is 14.2 Å². The van der Waals surface area contributed by atoms with Crippen LogP contribution in [0, 0.1) is 17.3 Å². The van der Waals surface area contributed by atoms with E-state index in [1.807, 2.05) is 13.8 Å². The van der Waals surface area contributed by atoms with Crippen LogP contribution in [0.1, 0.15) is 224 Å². The second kappa shape index (κ2) is 34.5. The Kier molecular flexibility index (Phi) is 31.1. The molecule has 3 N–H and O–H groups in total. The number of rotatable bonds is 35. The van der Waals surface area contributed by atoms with Crippen LogP contribution in [-0.4, -0.2) is 64.2 Å². The lowest BCUT2D eigenvalue weighted by Gasteiger charge is -2.42. The first-order valence-corrected chi connectivity index (χ1v) is 27.3. The van der Waals surface area contributed by atoms with E-state index < -0.39 is 36.3 Å². The maximum atomic E-state index is 12.5. The molecule has 0 aromatic heterocycles. The summed E-state index contributed by atoms with van der Waals surface area (Å²) in [6.07, 6.45) is 43.7. The Morgan fingerprint density at radius 2 is 1.35 bits per heavy atom. The van der Waals surface area contributed by atoms with Gasteiger partial charge in [0.15, 0.2) is 6.29 Å². The molecule has 68 heavy (non-hydrogen) atoms. The zero-order valence-electron chi connectivity index (χ0n) is 45.3. The summed E-state index contributed by atoms with van der Waals surface area (Å²) in [6, 6.07) is 0. The first kappa shape index (κ1) is 61.3. The van der Waals surface area contributed by atoms with Crippen molar-refractivity contribution in [3.63, 3.8) is 0 Å². The average Bonchev–Trinajstić information content (AvgIpc) is 3.27. The van der Waals surface area contributed by atoms with Crippen LogP contribution in [0.3, 0.4) is 0 Å². The van der Waals surface area contributed by atoms with Gasteiger partial charge in [0.1, 0.15) is 31.0 Å². The second-order valence-electron chi connectivity index (χ2n) is 22.1. The predicted molar refractivity (Wildman–Crippen MR) is 287 cm³/mol. The van der Waals surface area contributed by atoms with Crippen LogP contribution >= 0.6 is 0 Å². The molecule has 1 aliphatic carbocycles. The predicted octanol–water partition coefficient (Wildman–Crippen LogP) is 15.8. The zero-order valence-corrected chi connectivity index (χ0v) is 45.3. The normalized spacial score (nSPS) is 22.9. The van der Waals surface area contributed by atoms with Gasteiger partial charge in [-0.15, -0.1) is 0 Å². The molecule has 0 amide bonds. The molecule has 0 bridgehead atoms. The van der Waals surface area contributed by atoms with Crippen LogP contribution < -0.4 is 0 Å². The molecule has 7 atom stereocenters. The highest BCUT2D eigenvalue weighted by atomic mass is 16.7. The Bertz CT molecular complexity index is 1650. The number of esters is 1. The minimum absolute atomic E-state index is 0.213. The van der Waals surface area contributed by atoms with Crippen molar-refractivity contribution in [1.82, 2.24) is 0 Å². The van der Waals surface area contributed by atoms with Gasteiger partial charge in [-0.1, -0.05) is 219 Å². The van der Waals surface area contributed by atoms with Gasteiger partial charge in [0.05, 0.1) is 5.60 Å². The molecule has 0 aromatic carbocycles. The van der Waals surface area contributed by atoms with Crippen LogP contribution in [0.5, 0.6) is 0 Å². The van der Waals surface area contributed by atoms with Crippen LogP contribution in [0.25, 0.3) is 0 Å². The molecule has 1 heterocycles. The van der Waals surface area contributed by atoms with E-state index in [0.717, 1.165) is 44.4 Å². The van der Waals surface area contributed by atoms with Gasteiger partial charge in [0.2, 0.25) is 0 Å². The van der Waals surface area contributed by atoms with Gasteiger partial charge < -0.3 is 29.5 Å². The molecule has 1 aliphatic heterocycles. The molecule has 0 radical (unpaired) electrons. The molecule has 0 aromatic rings. The van der Waals surface area contributed by atoms with Crippen molar-refractivity contribution >= 4 is 5.97 Å². The molecule has 2 rings (SSSR count). The number of hydrogen-bond acceptors (Lipinski definition) is 7. The Morgan fingerprint density at radius 1 is 0.765 bits per heavy atom. The highest BCUT2D eigenvalue weighted by molar-refractivity contribution is 5.69. The van der Waals surface area contributed by atoms with Gasteiger partial charge in [-0.3, -0.25) is 4.79 Å². The smallest absolute Gasteiger partial charge is 0.305 e. The molecule has 2 aliphatic rings. The van der Waals surface area contributed by atoms with E-state index in [9.17, 15) is 20.1 Å². The van der Waals surface area contributed by atoms with E-state index in [0.29, 0.717) is 24.2 Å². The third-order valence-electron chi connectivity index (χ3n) is 14.2. The SMILES string of the molecule is CCCCCCCCCCCCCCC(=O)OC[C@H]1O[C@H](OC(C)(C)CCC/C(C)=C/C=C/C(C)=C/C=C/C(C)=C/C=C/CC(C)CCCC(C)CCC2=C(C)C=CCC2(C)C)[C@H](O)[C@@H](O)[C@@H]1O. The highest BCUT2D eigenvalue weighted by Gasteiger charge is 2.46. The second-order valence-corrected chi connectivity index (χ2v) is 22.1. The van der Waals surface area contributed by atoms with Crippen LogP contribution in [0.2, 0.25) is 0 Å². The number of aliphatic hydroxyl groups is 3. The fraction of sp³-hybridized carbons (Fsp3) is 0.721. The van der Waals surface area contributed by atoms with Gasteiger partial charge >= 0.3 is 5.97 Å². The quantitative estimate of drug-likeness (QED) is 0.0330. The molecule has 388 valence electrons. The molecular formula is C61H102O7. The summed E-state index contributed by atoms with van der Waals surface area (Å²) in [5.74, 6) is 1.13. The van der Waals surface area contributed by atoms with Crippen LogP contribution in [-0.2, 0) is 19.0 Å². The Hall–Kier alpha value is -2.81. The molecule has 0 saturated carbocycles. The Morgan fingerprint density at radius 3 is 1.99 bits per heavy atom. The molecule has 7 nitrogen and oxygen atoms in total. The lowest BCUT2D eigenvalue weighted by molar-refractivity contribution is -0.324. The largest absolute Gasteiger partial charge is 0.463 e. The summed E-state index contributed by atoms with van der Waals surface area (Å²) >= 11 is 0. The minimum Gasteiger partial charge on any atom is -0.463 e. The van der Waals surface area contributed by atoms with Crippen molar-refractivity contribution < 1.29 is 34.3 Å². The first-order chi connectivity index (χ1) is 32.3. The lowest BCUT2D eigenvalue weighted by atomic mass is 9.73. The number of hydrogen-bond donors (Lipinski definition) is 3. The summed E-state index contributed by atoms with van der Waals surface area (Å²) in [7, 11) is 0. The average molecular weight is 947 g/mol. The van der Waals surface area contributed by atoms with Crippen molar-refractivity contribution in [3.8, 4) is 0 Å².